The predicted octanol–water partition coefficient (Wildman–Crippen LogP) is 3.01. The molecule has 0 amide bonds. The zero-order valence-corrected chi connectivity index (χ0v) is 7.98. The minimum atomic E-state index is -3.09. The van der Waals surface area contributed by atoms with E-state index in [0.717, 1.165) is 0 Å². The number of fused-ring (bicyclic) bond motifs is 1. The number of rotatable bonds is 1. The van der Waals surface area contributed by atoms with Gasteiger partial charge in [-0.05, 0) is 28.1 Å². The van der Waals surface area contributed by atoms with Gasteiger partial charge in [0.2, 0.25) is 0 Å². The first kappa shape index (κ1) is 8.62. The summed E-state index contributed by atoms with van der Waals surface area (Å²) in [6, 6.07) is 6.88. The lowest BCUT2D eigenvalue weighted by Crippen LogP contribution is -2.04. The lowest BCUT2D eigenvalue weighted by atomic mass is 10.3. The molecule has 1 heterocycles. The quantitative estimate of drug-likeness (QED) is 0.771. The van der Waals surface area contributed by atoms with Crippen molar-refractivity contribution in [3.8, 4) is 0 Å². The number of hydrogen-bond donors (Lipinski definition) is 1. The average molecular weight is 247 g/mol. The van der Waals surface area contributed by atoms with Crippen molar-refractivity contribution in [3.63, 3.8) is 0 Å². The molecule has 0 fully saturated rings. The number of benzene rings is 1. The summed E-state index contributed by atoms with van der Waals surface area (Å²) in [5.41, 5.74) is 1.15. The Bertz CT molecular complexity index is 400. The smallest absolute Gasteiger partial charge is 0.336 e. The van der Waals surface area contributed by atoms with Crippen molar-refractivity contribution in [2.24, 2.45) is 0 Å². The third kappa shape index (κ3) is 1.56. The number of H-pyrrole nitrogens is 1. The molecule has 0 unspecified atom stereocenters. The summed E-state index contributed by atoms with van der Waals surface area (Å²) < 4.78 is 25.4. The fourth-order valence-corrected chi connectivity index (χ4v) is 1.27. The van der Waals surface area contributed by atoms with Crippen LogP contribution < -0.4 is 0 Å². The third-order valence-corrected chi connectivity index (χ3v) is 2.03. The van der Waals surface area contributed by atoms with Crippen LogP contribution in [-0.2, 0) is 4.83 Å². The molecule has 68 valence electrons. The minimum Gasteiger partial charge on any atom is -0.336 e. The number of imidazole rings is 1. The molecule has 2 rings (SSSR count). The van der Waals surface area contributed by atoms with Gasteiger partial charge in [0.05, 0.1) is 11.0 Å². The zero-order chi connectivity index (χ0) is 9.47. The van der Waals surface area contributed by atoms with E-state index in [1.807, 2.05) is 0 Å². The highest BCUT2D eigenvalue weighted by Crippen LogP contribution is 2.33. The molecule has 1 N–H and O–H groups in total. The second-order valence-electron chi connectivity index (χ2n) is 2.60. The van der Waals surface area contributed by atoms with E-state index >= 15 is 0 Å². The molecule has 13 heavy (non-hydrogen) atoms. The Morgan fingerprint density at radius 1 is 1.31 bits per heavy atom. The van der Waals surface area contributed by atoms with Gasteiger partial charge >= 0.3 is 4.83 Å². The zero-order valence-electron chi connectivity index (χ0n) is 6.39. The van der Waals surface area contributed by atoms with Gasteiger partial charge in [0.15, 0.2) is 5.82 Å². The number of para-hydroxylation sites is 2. The Morgan fingerprint density at radius 3 is 2.62 bits per heavy atom. The molecule has 0 bridgehead atoms. The number of hydrogen-bond acceptors (Lipinski definition) is 1. The molecule has 5 heteroatoms. The fourth-order valence-electron chi connectivity index (χ4n) is 1.09. The van der Waals surface area contributed by atoms with E-state index in [-0.39, 0.29) is 5.82 Å². The van der Waals surface area contributed by atoms with E-state index in [4.69, 9.17) is 0 Å². The van der Waals surface area contributed by atoms with E-state index in [2.05, 4.69) is 25.9 Å². The molecule has 0 radical (unpaired) electrons. The largest absolute Gasteiger partial charge is 0.358 e. The van der Waals surface area contributed by atoms with Crippen LogP contribution in [0.25, 0.3) is 11.0 Å². The van der Waals surface area contributed by atoms with Crippen molar-refractivity contribution < 1.29 is 8.78 Å². The van der Waals surface area contributed by atoms with Crippen LogP contribution in [0.5, 0.6) is 0 Å². The van der Waals surface area contributed by atoms with Gasteiger partial charge in [-0.1, -0.05) is 12.1 Å². The van der Waals surface area contributed by atoms with Gasteiger partial charge in [-0.3, -0.25) is 0 Å². The Labute approximate surface area is 81.1 Å². The molecule has 0 atom stereocenters. The first-order valence-corrected chi connectivity index (χ1v) is 4.38. The van der Waals surface area contributed by atoms with Crippen molar-refractivity contribution in [1.29, 1.82) is 0 Å². The maximum absolute atomic E-state index is 12.7. The van der Waals surface area contributed by atoms with Crippen LogP contribution in [-0.4, -0.2) is 9.97 Å². The molecule has 0 saturated carbocycles. The number of aromatic amines is 1. The van der Waals surface area contributed by atoms with Gasteiger partial charge in [-0.25, -0.2) is 4.98 Å². The van der Waals surface area contributed by atoms with Crippen LogP contribution in [0.2, 0.25) is 0 Å². The number of nitrogens with zero attached hydrogens (tertiary/aromatic N) is 1. The Hall–Kier alpha value is -0.970. The van der Waals surface area contributed by atoms with E-state index in [1.54, 1.807) is 24.3 Å². The summed E-state index contributed by atoms with van der Waals surface area (Å²) in [5, 5.41) is 0. The summed E-state index contributed by atoms with van der Waals surface area (Å²) >= 11 is 2.24. The number of aromatic nitrogens is 2. The van der Waals surface area contributed by atoms with Gasteiger partial charge in [0.25, 0.3) is 0 Å². The maximum atomic E-state index is 12.7. The fraction of sp³-hybridized carbons (Fsp3) is 0.125. The molecular formula is C8H5BrF2N2. The first-order chi connectivity index (χ1) is 6.07. The number of nitrogens with one attached hydrogen (secondary N) is 1. The third-order valence-electron chi connectivity index (χ3n) is 1.66. The summed E-state index contributed by atoms with van der Waals surface area (Å²) in [7, 11) is 0. The average Bonchev–Trinajstić information content (AvgIpc) is 2.45. The van der Waals surface area contributed by atoms with Crippen LogP contribution in [0.4, 0.5) is 8.78 Å². The highest BCUT2D eigenvalue weighted by molar-refractivity contribution is 9.09. The van der Waals surface area contributed by atoms with E-state index in [0.29, 0.717) is 11.0 Å². The summed E-state index contributed by atoms with van der Waals surface area (Å²) in [4.78, 5) is 3.17. The van der Waals surface area contributed by atoms with Gasteiger partial charge in [-0.15, -0.1) is 0 Å². The highest BCUT2D eigenvalue weighted by Gasteiger charge is 2.30. The molecule has 1 aromatic heterocycles. The monoisotopic (exact) mass is 246 g/mol. The normalized spacial score (nSPS) is 12.2. The molecule has 0 aliphatic heterocycles. The van der Waals surface area contributed by atoms with Gasteiger partial charge < -0.3 is 4.98 Å². The second kappa shape index (κ2) is 2.77. The number of halogens is 3. The first-order valence-electron chi connectivity index (χ1n) is 3.59. The Kier molecular flexibility index (Phi) is 1.83. The molecule has 2 nitrogen and oxygen atoms in total. The highest BCUT2D eigenvalue weighted by atomic mass is 79.9. The van der Waals surface area contributed by atoms with E-state index in [9.17, 15) is 8.78 Å². The molecular weight excluding hydrogens is 242 g/mol. The summed E-state index contributed by atoms with van der Waals surface area (Å²) in [6.07, 6.45) is 0. The Morgan fingerprint density at radius 2 is 2.00 bits per heavy atom. The van der Waals surface area contributed by atoms with Crippen LogP contribution in [0.1, 0.15) is 5.82 Å². The summed E-state index contributed by atoms with van der Waals surface area (Å²) in [6.45, 7) is 0. The molecule has 2 aromatic rings. The van der Waals surface area contributed by atoms with Crippen molar-refractivity contribution in [1.82, 2.24) is 9.97 Å². The Balaban J connectivity index is 2.63. The minimum absolute atomic E-state index is 0.367. The van der Waals surface area contributed by atoms with Crippen LogP contribution >= 0.6 is 15.9 Å². The van der Waals surface area contributed by atoms with Crippen molar-refractivity contribution in [2.75, 3.05) is 0 Å². The SMILES string of the molecule is FC(F)(Br)c1nc2ccccc2[nH]1. The molecule has 0 aliphatic rings. The summed E-state index contributed by atoms with van der Waals surface area (Å²) in [5.74, 6) is -0.367. The molecule has 0 spiro atoms. The van der Waals surface area contributed by atoms with E-state index in [1.165, 1.54) is 0 Å². The molecule has 1 aromatic carbocycles. The van der Waals surface area contributed by atoms with Crippen molar-refractivity contribution in [2.45, 2.75) is 4.83 Å². The van der Waals surface area contributed by atoms with Gasteiger partial charge in [0, 0.05) is 0 Å². The lowest BCUT2D eigenvalue weighted by molar-refractivity contribution is 0.105. The lowest BCUT2D eigenvalue weighted by Gasteiger charge is -2.01. The van der Waals surface area contributed by atoms with Crippen molar-refractivity contribution in [3.05, 3.63) is 30.1 Å². The van der Waals surface area contributed by atoms with Crippen molar-refractivity contribution >= 4 is 27.0 Å². The molecule has 0 saturated heterocycles. The topological polar surface area (TPSA) is 28.7 Å². The molecule has 0 aliphatic carbocycles. The maximum Gasteiger partial charge on any atom is 0.358 e. The van der Waals surface area contributed by atoms with E-state index < -0.39 is 4.83 Å². The second-order valence-corrected chi connectivity index (χ2v) is 3.60. The number of alkyl halides is 3. The van der Waals surface area contributed by atoms with Crippen LogP contribution in [0.3, 0.4) is 0 Å². The predicted molar refractivity (Wildman–Crippen MR) is 48.9 cm³/mol. The standard InChI is InChI=1S/C8H5BrF2N2/c9-8(10,11)7-12-5-3-1-2-4-6(5)13-7/h1-4H,(H,12,13). The van der Waals surface area contributed by atoms with Gasteiger partial charge in [0.1, 0.15) is 0 Å². The van der Waals surface area contributed by atoms with Gasteiger partial charge in [-0.2, -0.15) is 8.78 Å². The van der Waals surface area contributed by atoms with Crippen LogP contribution in [0, 0.1) is 0 Å². The van der Waals surface area contributed by atoms with Crippen LogP contribution in [0.15, 0.2) is 24.3 Å².